The van der Waals surface area contributed by atoms with Gasteiger partial charge in [-0.25, -0.2) is 4.79 Å². The SMILES string of the molecule is CCC1(CN2C(=O)CNC2=O)CCCC1. The molecule has 0 unspecified atom stereocenters. The fourth-order valence-corrected chi connectivity index (χ4v) is 2.70. The maximum Gasteiger partial charge on any atom is 0.324 e. The van der Waals surface area contributed by atoms with E-state index >= 15 is 0 Å². The van der Waals surface area contributed by atoms with Gasteiger partial charge in [0.15, 0.2) is 0 Å². The molecule has 0 aromatic heterocycles. The number of hydrogen-bond donors (Lipinski definition) is 1. The highest BCUT2D eigenvalue weighted by Gasteiger charge is 2.39. The predicted octanol–water partition coefficient (Wildman–Crippen LogP) is 1.51. The standard InChI is InChI=1S/C11H18N2O2/c1-2-11(5-3-4-6-11)8-13-9(14)7-12-10(13)15/h2-8H2,1H3,(H,12,15). The summed E-state index contributed by atoms with van der Waals surface area (Å²) in [5, 5.41) is 2.57. The topological polar surface area (TPSA) is 49.4 Å². The van der Waals surface area contributed by atoms with Crippen molar-refractivity contribution in [1.82, 2.24) is 10.2 Å². The second-order valence-corrected chi connectivity index (χ2v) is 4.70. The molecule has 1 saturated carbocycles. The molecule has 4 nitrogen and oxygen atoms in total. The van der Waals surface area contributed by atoms with Crippen molar-refractivity contribution in [2.24, 2.45) is 5.41 Å². The average Bonchev–Trinajstić information content (AvgIpc) is 2.81. The molecule has 0 bridgehead atoms. The minimum Gasteiger partial charge on any atom is -0.329 e. The third-order valence-corrected chi connectivity index (χ3v) is 3.84. The van der Waals surface area contributed by atoms with Crippen LogP contribution in [0.4, 0.5) is 4.79 Å². The van der Waals surface area contributed by atoms with Crippen LogP contribution in [0.1, 0.15) is 39.0 Å². The Morgan fingerprint density at radius 3 is 2.47 bits per heavy atom. The maximum absolute atomic E-state index is 11.5. The van der Waals surface area contributed by atoms with Gasteiger partial charge in [0.25, 0.3) is 0 Å². The largest absolute Gasteiger partial charge is 0.329 e. The van der Waals surface area contributed by atoms with E-state index in [-0.39, 0.29) is 23.9 Å². The van der Waals surface area contributed by atoms with Crippen LogP contribution in [0, 0.1) is 5.41 Å². The van der Waals surface area contributed by atoms with E-state index < -0.39 is 0 Å². The molecular weight excluding hydrogens is 192 g/mol. The molecule has 0 radical (unpaired) electrons. The normalized spacial score (nSPS) is 24.7. The maximum atomic E-state index is 11.5. The van der Waals surface area contributed by atoms with E-state index in [1.165, 1.54) is 17.7 Å². The number of rotatable bonds is 3. The van der Waals surface area contributed by atoms with Gasteiger partial charge in [-0.3, -0.25) is 9.69 Å². The van der Waals surface area contributed by atoms with Crippen LogP contribution in [-0.4, -0.2) is 29.9 Å². The van der Waals surface area contributed by atoms with Crippen molar-refractivity contribution in [1.29, 1.82) is 0 Å². The molecule has 3 amide bonds. The molecular formula is C11H18N2O2. The fourth-order valence-electron chi connectivity index (χ4n) is 2.70. The van der Waals surface area contributed by atoms with Crippen LogP contribution in [0.3, 0.4) is 0 Å². The van der Waals surface area contributed by atoms with Crippen LogP contribution in [0.25, 0.3) is 0 Å². The van der Waals surface area contributed by atoms with E-state index in [4.69, 9.17) is 0 Å². The first kappa shape index (κ1) is 10.5. The van der Waals surface area contributed by atoms with E-state index in [9.17, 15) is 9.59 Å². The van der Waals surface area contributed by atoms with Gasteiger partial charge in [0.05, 0.1) is 6.54 Å². The fraction of sp³-hybridized carbons (Fsp3) is 0.818. The second-order valence-electron chi connectivity index (χ2n) is 4.70. The molecule has 0 aromatic rings. The molecule has 1 heterocycles. The Morgan fingerprint density at radius 1 is 1.33 bits per heavy atom. The van der Waals surface area contributed by atoms with Crippen molar-refractivity contribution in [3.63, 3.8) is 0 Å². The Morgan fingerprint density at radius 2 is 2.00 bits per heavy atom. The highest BCUT2D eigenvalue weighted by atomic mass is 16.2. The number of carbonyl (C=O) groups excluding carboxylic acids is 2. The van der Waals surface area contributed by atoms with E-state index in [0.717, 1.165) is 19.3 Å². The van der Waals surface area contributed by atoms with E-state index in [2.05, 4.69) is 12.2 Å². The first-order valence-corrected chi connectivity index (χ1v) is 5.75. The lowest BCUT2D eigenvalue weighted by atomic mass is 9.83. The van der Waals surface area contributed by atoms with Gasteiger partial charge in [-0.2, -0.15) is 0 Å². The van der Waals surface area contributed by atoms with E-state index in [0.29, 0.717) is 6.54 Å². The lowest BCUT2D eigenvalue weighted by molar-refractivity contribution is -0.126. The average molecular weight is 210 g/mol. The molecule has 0 atom stereocenters. The van der Waals surface area contributed by atoms with Gasteiger partial charge in [-0.15, -0.1) is 0 Å². The summed E-state index contributed by atoms with van der Waals surface area (Å²) < 4.78 is 0. The molecule has 1 N–H and O–H groups in total. The van der Waals surface area contributed by atoms with Crippen molar-refractivity contribution in [2.75, 3.05) is 13.1 Å². The van der Waals surface area contributed by atoms with Gasteiger partial charge in [0.2, 0.25) is 5.91 Å². The van der Waals surface area contributed by atoms with Gasteiger partial charge in [0.1, 0.15) is 0 Å². The number of urea groups is 1. The first-order chi connectivity index (χ1) is 7.17. The van der Waals surface area contributed by atoms with Gasteiger partial charge in [-0.05, 0) is 24.7 Å². The lowest BCUT2D eigenvalue weighted by Crippen LogP contribution is -2.40. The monoisotopic (exact) mass is 210 g/mol. The lowest BCUT2D eigenvalue weighted by Gasteiger charge is -2.30. The highest BCUT2D eigenvalue weighted by Crippen LogP contribution is 2.41. The Kier molecular flexibility index (Phi) is 2.67. The number of amides is 3. The summed E-state index contributed by atoms with van der Waals surface area (Å²) in [6.45, 7) is 2.95. The highest BCUT2D eigenvalue weighted by molar-refractivity contribution is 6.01. The van der Waals surface area contributed by atoms with Crippen molar-refractivity contribution in [3.05, 3.63) is 0 Å². The second kappa shape index (κ2) is 3.83. The molecule has 84 valence electrons. The number of imide groups is 1. The van der Waals surface area contributed by atoms with Crippen LogP contribution in [0.5, 0.6) is 0 Å². The number of nitrogens with zero attached hydrogens (tertiary/aromatic N) is 1. The van der Waals surface area contributed by atoms with Gasteiger partial charge in [-0.1, -0.05) is 19.8 Å². The summed E-state index contributed by atoms with van der Waals surface area (Å²) >= 11 is 0. The summed E-state index contributed by atoms with van der Waals surface area (Å²) in [6, 6.07) is -0.209. The molecule has 1 saturated heterocycles. The zero-order chi connectivity index (χ0) is 10.9. The molecule has 2 fully saturated rings. The Bertz CT molecular complexity index is 266. The summed E-state index contributed by atoms with van der Waals surface area (Å²) in [6.07, 6.45) is 5.83. The molecule has 15 heavy (non-hydrogen) atoms. The minimum absolute atomic E-state index is 0.0697. The third-order valence-electron chi connectivity index (χ3n) is 3.84. The molecule has 1 aliphatic heterocycles. The van der Waals surface area contributed by atoms with E-state index in [1.54, 1.807) is 0 Å². The van der Waals surface area contributed by atoms with Gasteiger partial charge >= 0.3 is 6.03 Å². The third kappa shape index (κ3) is 1.85. The quantitative estimate of drug-likeness (QED) is 0.718. The van der Waals surface area contributed by atoms with Crippen LogP contribution in [0.15, 0.2) is 0 Å². The van der Waals surface area contributed by atoms with Crippen molar-refractivity contribution in [3.8, 4) is 0 Å². The summed E-state index contributed by atoms with van der Waals surface area (Å²) in [7, 11) is 0. The van der Waals surface area contributed by atoms with Crippen LogP contribution in [0.2, 0.25) is 0 Å². The summed E-state index contributed by atoms with van der Waals surface area (Å²) in [5.41, 5.74) is 0.206. The van der Waals surface area contributed by atoms with Crippen molar-refractivity contribution < 1.29 is 9.59 Å². The van der Waals surface area contributed by atoms with E-state index in [1.807, 2.05) is 0 Å². The molecule has 1 aliphatic carbocycles. The number of nitrogens with one attached hydrogen (secondary N) is 1. The van der Waals surface area contributed by atoms with Gasteiger partial charge < -0.3 is 5.32 Å². The van der Waals surface area contributed by atoms with Crippen molar-refractivity contribution in [2.45, 2.75) is 39.0 Å². The summed E-state index contributed by atoms with van der Waals surface area (Å²) in [4.78, 5) is 24.3. The minimum atomic E-state index is -0.209. The summed E-state index contributed by atoms with van der Waals surface area (Å²) in [5.74, 6) is -0.0697. The van der Waals surface area contributed by atoms with Crippen LogP contribution in [-0.2, 0) is 4.79 Å². The zero-order valence-electron chi connectivity index (χ0n) is 9.21. The molecule has 0 aromatic carbocycles. The number of carbonyl (C=O) groups is 2. The Labute approximate surface area is 90.0 Å². The molecule has 0 spiro atoms. The molecule has 2 rings (SSSR count). The first-order valence-electron chi connectivity index (χ1n) is 5.75. The Balaban J connectivity index is 2.06. The number of hydrogen-bond acceptors (Lipinski definition) is 2. The van der Waals surface area contributed by atoms with Crippen LogP contribution < -0.4 is 5.32 Å². The Hall–Kier alpha value is -1.06. The molecule has 4 heteroatoms. The molecule has 2 aliphatic rings. The van der Waals surface area contributed by atoms with Crippen LogP contribution >= 0.6 is 0 Å². The van der Waals surface area contributed by atoms with Gasteiger partial charge in [0, 0.05) is 6.54 Å². The van der Waals surface area contributed by atoms with Crippen molar-refractivity contribution >= 4 is 11.9 Å². The predicted molar refractivity (Wildman–Crippen MR) is 56.3 cm³/mol. The zero-order valence-corrected chi connectivity index (χ0v) is 9.21. The smallest absolute Gasteiger partial charge is 0.324 e.